The Labute approximate surface area is 114 Å². The van der Waals surface area contributed by atoms with Crippen LogP contribution in [0.3, 0.4) is 0 Å². The summed E-state index contributed by atoms with van der Waals surface area (Å²) in [4.78, 5) is 11.4. The predicted octanol–water partition coefficient (Wildman–Crippen LogP) is 3.41. The van der Waals surface area contributed by atoms with Gasteiger partial charge in [-0.05, 0) is 24.6 Å². The quantitative estimate of drug-likeness (QED) is 0.872. The second kappa shape index (κ2) is 4.63. The molecule has 0 saturated carbocycles. The number of anilines is 1. The highest BCUT2D eigenvalue weighted by molar-refractivity contribution is 6.42. The first-order chi connectivity index (χ1) is 8.41. The molecule has 6 heteroatoms. The van der Waals surface area contributed by atoms with E-state index in [1.54, 1.807) is 25.1 Å². The number of benzene rings is 1. The van der Waals surface area contributed by atoms with Crippen molar-refractivity contribution in [3.63, 3.8) is 0 Å². The van der Waals surface area contributed by atoms with Crippen molar-refractivity contribution in [1.29, 1.82) is 0 Å². The van der Waals surface area contributed by atoms with Gasteiger partial charge in [-0.3, -0.25) is 4.79 Å². The van der Waals surface area contributed by atoms with Crippen LogP contribution in [0.15, 0.2) is 18.2 Å². The molecule has 0 saturated heterocycles. The Hall–Kier alpha value is -1.52. The van der Waals surface area contributed by atoms with Crippen molar-refractivity contribution >= 4 is 34.9 Å². The second-order valence-corrected chi connectivity index (χ2v) is 4.72. The molecule has 4 nitrogen and oxygen atoms in total. The van der Waals surface area contributed by atoms with Gasteiger partial charge in [0, 0.05) is 12.5 Å². The van der Waals surface area contributed by atoms with Crippen LogP contribution in [0.5, 0.6) is 0 Å². The Morgan fingerprint density at radius 2 is 2.00 bits per heavy atom. The molecule has 2 rings (SSSR count). The second-order valence-electron chi connectivity index (χ2n) is 3.91. The highest BCUT2D eigenvalue weighted by atomic mass is 35.5. The molecule has 0 aliphatic carbocycles. The van der Waals surface area contributed by atoms with Crippen LogP contribution in [-0.4, -0.2) is 15.7 Å². The monoisotopic (exact) mass is 283 g/mol. The van der Waals surface area contributed by atoms with Crippen LogP contribution in [0.1, 0.15) is 17.4 Å². The van der Waals surface area contributed by atoms with Gasteiger partial charge in [0.15, 0.2) is 0 Å². The maximum atomic E-state index is 11.4. The Bertz CT molecular complexity index is 634. The number of hydrogen-bond acceptors (Lipinski definition) is 3. The highest BCUT2D eigenvalue weighted by Crippen LogP contribution is 2.33. The van der Waals surface area contributed by atoms with Gasteiger partial charge in [0.25, 0.3) is 0 Å². The number of hydrogen-bond donors (Lipinski definition) is 1. The van der Waals surface area contributed by atoms with E-state index in [2.05, 4.69) is 5.10 Å². The van der Waals surface area contributed by atoms with E-state index in [0.29, 0.717) is 27.1 Å². The van der Waals surface area contributed by atoms with Crippen molar-refractivity contribution in [3.05, 3.63) is 33.9 Å². The number of rotatable bonds is 1. The van der Waals surface area contributed by atoms with E-state index < -0.39 is 0 Å². The first-order valence-corrected chi connectivity index (χ1v) is 5.99. The van der Waals surface area contributed by atoms with Crippen LogP contribution in [0, 0.1) is 6.92 Å². The van der Waals surface area contributed by atoms with Crippen LogP contribution in [0.25, 0.3) is 11.1 Å². The van der Waals surface area contributed by atoms with Crippen LogP contribution >= 0.6 is 23.2 Å². The lowest BCUT2D eigenvalue weighted by Crippen LogP contribution is -2.11. The lowest BCUT2D eigenvalue weighted by molar-refractivity contribution is 0.0924. The van der Waals surface area contributed by atoms with Gasteiger partial charge in [0.1, 0.15) is 5.82 Å². The molecule has 0 spiro atoms. The van der Waals surface area contributed by atoms with Crippen LogP contribution in [-0.2, 0) is 0 Å². The molecule has 2 N–H and O–H groups in total. The zero-order chi connectivity index (χ0) is 13.4. The summed E-state index contributed by atoms with van der Waals surface area (Å²) in [5, 5.41) is 5.01. The van der Waals surface area contributed by atoms with Crippen molar-refractivity contribution in [2.24, 2.45) is 0 Å². The minimum absolute atomic E-state index is 0.234. The fourth-order valence-electron chi connectivity index (χ4n) is 1.79. The summed E-state index contributed by atoms with van der Waals surface area (Å²) in [7, 11) is 0. The lowest BCUT2D eigenvalue weighted by Gasteiger charge is -2.04. The maximum absolute atomic E-state index is 11.4. The van der Waals surface area contributed by atoms with Gasteiger partial charge in [-0.15, -0.1) is 0 Å². The van der Waals surface area contributed by atoms with Crippen molar-refractivity contribution in [2.45, 2.75) is 13.8 Å². The molecule has 0 fully saturated rings. The SMILES string of the molecule is CC(=O)n1nc(C)c(-c2ccc(Cl)c(Cl)c2)c1N. The third kappa shape index (κ3) is 2.09. The maximum Gasteiger partial charge on any atom is 0.245 e. The summed E-state index contributed by atoms with van der Waals surface area (Å²) < 4.78 is 1.17. The Morgan fingerprint density at radius 1 is 1.33 bits per heavy atom. The number of carbonyl (C=O) groups excluding carboxylic acids is 1. The van der Waals surface area contributed by atoms with E-state index in [-0.39, 0.29) is 5.91 Å². The predicted molar refractivity (Wildman–Crippen MR) is 73.1 cm³/mol. The van der Waals surface area contributed by atoms with Crippen LogP contribution in [0.2, 0.25) is 10.0 Å². The number of aromatic nitrogens is 2. The van der Waals surface area contributed by atoms with Crippen molar-refractivity contribution in [2.75, 3.05) is 5.73 Å². The van der Waals surface area contributed by atoms with E-state index in [0.717, 1.165) is 5.56 Å². The molecule has 0 unspecified atom stereocenters. The van der Waals surface area contributed by atoms with Gasteiger partial charge in [0.2, 0.25) is 5.91 Å². The third-order valence-electron chi connectivity index (χ3n) is 2.60. The summed E-state index contributed by atoms with van der Waals surface area (Å²) in [5.41, 5.74) is 8.08. The van der Waals surface area contributed by atoms with Gasteiger partial charge in [0.05, 0.1) is 15.7 Å². The number of aryl methyl sites for hydroxylation is 1. The first kappa shape index (κ1) is 12.9. The van der Waals surface area contributed by atoms with Gasteiger partial charge in [-0.25, -0.2) is 0 Å². The first-order valence-electron chi connectivity index (χ1n) is 5.23. The number of halogens is 2. The van der Waals surface area contributed by atoms with E-state index in [9.17, 15) is 4.79 Å². The summed E-state index contributed by atoms with van der Waals surface area (Å²) in [5.74, 6) is 0.0697. The average molecular weight is 284 g/mol. The molecular formula is C12H11Cl2N3O. The molecule has 0 aliphatic heterocycles. The van der Waals surface area contributed by atoms with Crippen LogP contribution in [0.4, 0.5) is 5.82 Å². The standard InChI is InChI=1S/C12H11Cl2N3O/c1-6-11(12(15)17(16-6)7(2)18)8-3-4-9(13)10(14)5-8/h3-5H,15H2,1-2H3. The Balaban J connectivity index is 2.64. The molecule has 2 aromatic rings. The van der Waals surface area contributed by atoms with Crippen molar-refractivity contribution in [1.82, 2.24) is 9.78 Å². The van der Waals surface area contributed by atoms with E-state index in [1.165, 1.54) is 11.6 Å². The number of nitrogens with two attached hydrogens (primary N) is 1. The molecule has 94 valence electrons. The number of nitrogens with zero attached hydrogens (tertiary/aromatic N) is 2. The summed E-state index contributed by atoms with van der Waals surface area (Å²) >= 11 is 11.8. The van der Waals surface area contributed by atoms with Gasteiger partial charge < -0.3 is 5.73 Å². The minimum atomic E-state index is -0.234. The number of nitrogen functional groups attached to an aromatic ring is 1. The van der Waals surface area contributed by atoms with E-state index >= 15 is 0 Å². The lowest BCUT2D eigenvalue weighted by atomic mass is 10.1. The summed E-state index contributed by atoms with van der Waals surface area (Å²) in [6.07, 6.45) is 0. The van der Waals surface area contributed by atoms with Crippen molar-refractivity contribution in [3.8, 4) is 11.1 Å². The van der Waals surface area contributed by atoms with Gasteiger partial charge in [-0.1, -0.05) is 29.3 Å². The topological polar surface area (TPSA) is 60.9 Å². The molecule has 1 aromatic heterocycles. The normalized spacial score (nSPS) is 10.7. The summed E-state index contributed by atoms with van der Waals surface area (Å²) in [6.45, 7) is 3.19. The Morgan fingerprint density at radius 3 is 2.50 bits per heavy atom. The zero-order valence-electron chi connectivity index (χ0n) is 9.87. The average Bonchev–Trinajstić information content (AvgIpc) is 2.59. The Kier molecular flexibility index (Phi) is 3.32. The molecule has 18 heavy (non-hydrogen) atoms. The fourth-order valence-corrected chi connectivity index (χ4v) is 2.09. The van der Waals surface area contributed by atoms with Crippen molar-refractivity contribution < 1.29 is 4.79 Å². The molecule has 1 aromatic carbocycles. The number of carbonyl (C=O) groups is 1. The van der Waals surface area contributed by atoms with Crippen LogP contribution < -0.4 is 5.73 Å². The largest absolute Gasteiger partial charge is 0.383 e. The molecule has 0 atom stereocenters. The van der Waals surface area contributed by atoms with E-state index in [4.69, 9.17) is 28.9 Å². The highest BCUT2D eigenvalue weighted by Gasteiger charge is 2.17. The zero-order valence-corrected chi connectivity index (χ0v) is 11.4. The van der Waals surface area contributed by atoms with E-state index in [1.807, 2.05) is 0 Å². The smallest absolute Gasteiger partial charge is 0.245 e. The molecule has 1 heterocycles. The minimum Gasteiger partial charge on any atom is -0.383 e. The third-order valence-corrected chi connectivity index (χ3v) is 3.34. The van der Waals surface area contributed by atoms with Gasteiger partial charge >= 0.3 is 0 Å². The molecule has 0 amide bonds. The molecule has 0 aliphatic rings. The molecule has 0 radical (unpaired) electrons. The molecular weight excluding hydrogens is 273 g/mol. The molecule has 0 bridgehead atoms. The van der Waals surface area contributed by atoms with Gasteiger partial charge in [-0.2, -0.15) is 9.78 Å². The fraction of sp³-hybridized carbons (Fsp3) is 0.167. The summed E-state index contributed by atoms with van der Waals surface area (Å²) in [6, 6.07) is 5.18.